The first kappa shape index (κ1) is 10.6. The number of halogens is 1. The van der Waals surface area contributed by atoms with Crippen LogP contribution in [0, 0.1) is 17.3 Å². The smallest absolute Gasteiger partial charge is 0.426 e. The molecule has 4 heteroatoms. The minimum Gasteiger partial charge on any atom is -0.426 e. The second-order valence-corrected chi connectivity index (χ2v) is 5.45. The Hall–Kier alpha value is -0.930. The predicted octanol–water partition coefficient (Wildman–Crippen LogP) is 2.49. The number of rotatable bonds is 1. The Kier molecular flexibility index (Phi) is 1.98. The molecule has 0 radical (unpaired) electrons. The molecule has 0 saturated heterocycles. The summed E-state index contributed by atoms with van der Waals surface area (Å²) in [6, 6.07) is 0. The maximum absolute atomic E-state index is 12.2. The van der Waals surface area contributed by atoms with E-state index in [9.17, 15) is 14.0 Å². The van der Waals surface area contributed by atoms with Crippen molar-refractivity contribution >= 4 is 12.0 Å². The molecule has 0 N–H and O–H groups in total. The Bertz CT molecular complexity index is 337. The number of Topliss-reactive ketones (excluding diaryl/α,β-unsaturated/α-hetero) is 1. The molecule has 0 amide bonds. The second kappa shape index (κ2) is 2.80. The highest BCUT2D eigenvalue weighted by Gasteiger charge is 2.63. The summed E-state index contributed by atoms with van der Waals surface area (Å²) >= 11 is 0. The number of carbonyl (C=O) groups excluding carboxylic acids is 2. The average molecular weight is 214 g/mol. The van der Waals surface area contributed by atoms with Gasteiger partial charge in [-0.25, -0.2) is 4.79 Å². The summed E-state index contributed by atoms with van der Waals surface area (Å²) in [5.41, 5.74) is -1.24. The normalized spacial score (nSPS) is 42.0. The van der Waals surface area contributed by atoms with E-state index in [0.717, 1.165) is 6.42 Å². The molecule has 0 aromatic rings. The molecule has 3 rings (SSSR count). The van der Waals surface area contributed by atoms with Crippen LogP contribution in [-0.4, -0.2) is 17.6 Å². The molecule has 0 spiro atoms. The van der Waals surface area contributed by atoms with E-state index in [-0.39, 0.29) is 17.1 Å². The Morgan fingerprint density at radius 3 is 2.47 bits per heavy atom. The van der Waals surface area contributed by atoms with Crippen LogP contribution < -0.4 is 0 Å². The van der Waals surface area contributed by atoms with Crippen LogP contribution in [-0.2, 0) is 9.53 Å². The van der Waals surface area contributed by atoms with E-state index >= 15 is 0 Å². The molecule has 3 fully saturated rings. The van der Waals surface area contributed by atoms with Gasteiger partial charge in [-0.3, -0.25) is 4.79 Å². The van der Waals surface area contributed by atoms with E-state index in [0.29, 0.717) is 12.3 Å². The van der Waals surface area contributed by atoms with Crippen LogP contribution in [0.4, 0.5) is 9.18 Å². The fraction of sp³-hybridized carbons (Fsp3) is 0.818. The lowest BCUT2D eigenvalue weighted by atomic mass is 9.45. The summed E-state index contributed by atoms with van der Waals surface area (Å²) in [5.74, 6) is 0.145. The molecule has 3 unspecified atom stereocenters. The highest BCUT2D eigenvalue weighted by Crippen LogP contribution is 2.60. The first-order valence-electron chi connectivity index (χ1n) is 5.20. The zero-order chi connectivity index (χ0) is 11.4. The van der Waals surface area contributed by atoms with Crippen molar-refractivity contribution in [2.45, 2.75) is 39.2 Å². The molecule has 0 aromatic heterocycles. The van der Waals surface area contributed by atoms with Crippen LogP contribution in [0.3, 0.4) is 0 Å². The van der Waals surface area contributed by atoms with Crippen molar-refractivity contribution in [3.8, 4) is 0 Å². The Morgan fingerprint density at radius 2 is 2.07 bits per heavy atom. The summed E-state index contributed by atoms with van der Waals surface area (Å²) < 4.78 is 16.8. The van der Waals surface area contributed by atoms with Crippen LogP contribution in [0.25, 0.3) is 0 Å². The largest absolute Gasteiger partial charge is 0.496 e. The lowest BCUT2D eigenvalue weighted by Gasteiger charge is -2.59. The average Bonchev–Trinajstić information content (AvgIpc) is 2.07. The third-order valence-electron chi connectivity index (χ3n) is 4.25. The van der Waals surface area contributed by atoms with E-state index in [4.69, 9.17) is 0 Å². The van der Waals surface area contributed by atoms with Crippen molar-refractivity contribution in [1.29, 1.82) is 0 Å². The first-order valence-corrected chi connectivity index (χ1v) is 5.20. The highest BCUT2D eigenvalue weighted by atomic mass is 19.1. The maximum Gasteiger partial charge on any atom is 0.496 e. The van der Waals surface area contributed by atoms with Crippen molar-refractivity contribution < 1.29 is 18.7 Å². The van der Waals surface area contributed by atoms with Crippen LogP contribution in [0.5, 0.6) is 0 Å². The molecule has 0 heterocycles. The van der Waals surface area contributed by atoms with Crippen molar-refractivity contribution in [2.75, 3.05) is 0 Å². The molecule has 0 aromatic carbocycles. The van der Waals surface area contributed by atoms with Gasteiger partial charge in [0.2, 0.25) is 0 Å². The minimum absolute atomic E-state index is 0.0146. The molecular formula is C11H15FO3. The molecule has 3 aliphatic rings. The Morgan fingerprint density at radius 1 is 1.47 bits per heavy atom. The fourth-order valence-corrected chi connectivity index (χ4v) is 3.02. The van der Waals surface area contributed by atoms with Gasteiger partial charge in [-0.05, 0) is 31.1 Å². The summed E-state index contributed by atoms with van der Waals surface area (Å²) in [6.45, 7) is 5.60. The van der Waals surface area contributed by atoms with Crippen LogP contribution in [0.15, 0.2) is 0 Å². The Balaban J connectivity index is 2.21. The number of ketones is 1. The molecule has 3 atom stereocenters. The summed E-state index contributed by atoms with van der Waals surface area (Å²) in [7, 11) is 0. The van der Waals surface area contributed by atoms with Gasteiger partial charge in [0.1, 0.15) is 0 Å². The lowest BCUT2D eigenvalue weighted by molar-refractivity contribution is -0.182. The van der Waals surface area contributed by atoms with E-state index < -0.39 is 11.8 Å². The van der Waals surface area contributed by atoms with E-state index in [1.54, 1.807) is 0 Å². The molecule has 0 aliphatic heterocycles. The molecule has 84 valence electrons. The van der Waals surface area contributed by atoms with Gasteiger partial charge in [0.05, 0.1) is 0 Å². The summed E-state index contributed by atoms with van der Waals surface area (Å²) in [4.78, 5) is 22.3. The number of carbonyl (C=O) groups is 2. The minimum atomic E-state index is -1.86. The van der Waals surface area contributed by atoms with Gasteiger partial charge in [0.15, 0.2) is 11.4 Å². The SMILES string of the molecule is CC1(OC(=O)F)CC2CC(C1=O)C2(C)C. The zero-order valence-electron chi connectivity index (χ0n) is 9.17. The van der Waals surface area contributed by atoms with Crippen molar-refractivity contribution in [3.05, 3.63) is 0 Å². The molecule has 3 aliphatic carbocycles. The molecule has 3 saturated carbocycles. The number of fused-ring (bicyclic) bond motifs is 2. The molecule has 3 nitrogen and oxygen atoms in total. The number of hydrogen-bond donors (Lipinski definition) is 0. The predicted molar refractivity (Wildman–Crippen MR) is 51.0 cm³/mol. The third kappa shape index (κ3) is 1.30. The summed E-state index contributed by atoms with van der Waals surface area (Å²) in [6.07, 6.45) is -0.555. The van der Waals surface area contributed by atoms with Crippen molar-refractivity contribution in [3.63, 3.8) is 0 Å². The third-order valence-corrected chi connectivity index (χ3v) is 4.25. The topological polar surface area (TPSA) is 43.4 Å². The van der Waals surface area contributed by atoms with Gasteiger partial charge in [0.25, 0.3) is 0 Å². The van der Waals surface area contributed by atoms with Crippen LogP contribution in [0.2, 0.25) is 0 Å². The fourth-order valence-electron chi connectivity index (χ4n) is 3.02. The standard InChI is InChI=1S/C11H15FO3/c1-10(2)6-4-7(10)8(13)11(3,5-6)15-9(12)14/h6-7H,4-5H2,1-3H3. The molecule has 15 heavy (non-hydrogen) atoms. The summed E-state index contributed by atoms with van der Waals surface area (Å²) in [5, 5.41) is 0. The van der Waals surface area contributed by atoms with Gasteiger partial charge >= 0.3 is 6.22 Å². The van der Waals surface area contributed by atoms with Crippen molar-refractivity contribution in [2.24, 2.45) is 17.3 Å². The second-order valence-electron chi connectivity index (χ2n) is 5.45. The zero-order valence-corrected chi connectivity index (χ0v) is 9.17. The first-order chi connectivity index (χ1) is 6.77. The number of hydrogen-bond acceptors (Lipinski definition) is 3. The van der Waals surface area contributed by atoms with E-state index in [1.165, 1.54) is 6.92 Å². The lowest BCUT2D eigenvalue weighted by Crippen LogP contribution is -2.63. The van der Waals surface area contributed by atoms with Gasteiger partial charge in [-0.2, -0.15) is 0 Å². The van der Waals surface area contributed by atoms with Gasteiger partial charge in [0, 0.05) is 5.92 Å². The molecular weight excluding hydrogens is 199 g/mol. The maximum atomic E-state index is 12.2. The van der Waals surface area contributed by atoms with Crippen LogP contribution >= 0.6 is 0 Å². The van der Waals surface area contributed by atoms with Crippen LogP contribution in [0.1, 0.15) is 33.6 Å². The van der Waals surface area contributed by atoms with Gasteiger partial charge in [-0.15, -0.1) is 4.39 Å². The van der Waals surface area contributed by atoms with Gasteiger partial charge in [-0.1, -0.05) is 13.8 Å². The monoisotopic (exact) mass is 214 g/mol. The van der Waals surface area contributed by atoms with E-state index in [2.05, 4.69) is 4.74 Å². The van der Waals surface area contributed by atoms with Gasteiger partial charge < -0.3 is 4.74 Å². The van der Waals surface area contributed by atoms with Crippen molar-refractivity contribution in [1.82, 2.24) is 0 Å². The Labute approximate surface area is 88.0 Å². The van der Waals surface area contributed by atoms with E-state index in [1.807, 2.05) is 13.8 Å². The quantitative estimate of drug-likeness (QED) is 0.630. The molecule has 2 bridgehead atoms. The number of ether oxygens (including phenoxy) is 1. The highest BCUT2D eigenvalue weighted by molar-refractivity contribution is 5.93.